The van der Waals surface area contributed by atoms with Gasteiger partial charge in [0.15, 0.2) is 0 Å². The van der Waals surface area contributed by atoms with E-state index >= 15 is 0 Å². The average Bonchev–Trinajstić information content (AvgIpc) is 3.50. The molecule has 0 aliphatic carbocycles. The fraction of sp³-hybridized carbons (Fsp3) is 0.370. The average molecular weight is 482 g/mol. The molecule has 1 aliphatic rings. The summed E-state index contributed by atoms with van der Waals surface area (Å²) < 4.78 is 0. The van der Waals surface area contributed by atoms with Crippen LogP contribution in [0, 0.1) is 0 Å². The van der Waals surface area contributed by atoms with Crippen LogP contribution in [-0.2, 0) is 13.5 Å². The summed E-state index contributed by atoms with van der Waals surface area (Å²) in [5.41, 5.74) is 3.93. The van der Waals surface area contributed by atoms with Gasteiger partial charge in [0.05, 0.1) is 12.4 Å². The number of aryl methyl sites for hydroxylation is 1. The van der Waals surface area contributed by atoms with Crippen LogP contribution in [0.15, 0.2) is 48.5 Å². The molecule has 1 saturated heterocycles. The van der Waals surface area contributed by atoms with Gasteiger partial charge in [0.2, 0.25) is 5.82 Å². The topological polar surface area (TPSA) is 100 Å². The number of benzene rings is 2. The molecule has 9 heteroatoms. The van der Waals surface area contributed by atoms with Gasteiger partial charge >= 0.3 is 0 Å². The van der Waals surface area contributed by atoms with E-state index < -0.39 is 0 Å². The second-order valence-corrected chi connectivity index (χ2v) is 9.54. The third-order valence-corrected chi connectivity index (χ3v) is 6.86. The van der Waals surface area contributed by atoms with Crippen molar-refractivity contribution in [2.75, 3.05) is 31.5 Å². The first kappa shape index (κ1) is 22.6. The highest BCUT2D eigenvalue weighted by Gasteiger charge is 2.16. The fourth-order valence-electron chi connectivity index (χ4n) is 5.06. The van der Waals surface area contributed by atoms with Gasteiger partial charge < -0.3 is 15.2 Å². The second kappa shape index (κ2) is 10.0. The number of likely N-dealkylation sites (tertiary alicyclic amines) is 1. The van der Waals surface area contributed by atoms with Crippen molar-refractivity contribution in [3.05, 3.63) is 59.9 Å². The summed E-state index contributed by atoms with van der Waals surface area (Å²) in [4.78, 5) is 17.5. The number of hydrogen-bond donors (Lipinski definition) is 2. The third kappa shape index (κ3) is 4.79. The van der Waals surface area contributed by atoms with Gasteiger partial charge in [-0.05, 0) is 55.7 Å². The molecule has 36 heavy (non-hydrogen) atoms. The molecule has 1 fully saturated rings. The quantitative estimate of drug-likeness (QED) is 0.321. The number of nitrogens with one attached hydrogen (secondary N) is 2. The molecule has 5 aromatic rings. The van der Waals surface area contributed by atoms with Gasteiger partial charge in [0, 0.05) is 29.4 Å². The Morgan fingerprint density at radius 3 is 2.67 bits per heavy atom. The first-order chi connectivity index (χ1) is 17.7. The van der Waals surface area contributed by atoms with Gasteiger partial charge in [0.1, 0.15) is 17.3 Å². The highest BCUT2D eigenvalue weighted by molar-refractivity contribution is 6.11. The Labute approximate surface area is 209 Å². The summed E-state index contributed by atoms with van der Waals surface area (Å²) in [6, 6.07) is 16.6. The molecule has 0 amide bonds. The Morgan fingerprint density at radius 1 is 1.00 bits per heavy atom. The van der Waals surface area contributed by atoms with E-state index in [0.29, 0.717) is 12.2 Å². The molecule has 0 atom stereocenters. The lowest BCUT2D eigenvalue weighted by atomic mass is 10.1. The number of piperidine rings is 1. The molecule has 2 N–H and O–H groups in total. The Morgan fingerprint density at radius 2 is 1.86 bits per heavy atom. The number of aromatic amines is 1. The molecule has 0 radical (unpaired) electrons. The van der Waals surface area contributed by atoms with E-state index in [9.17, 15) is 0 Å². The lowest BCUT2D eigenvalue weighted by Crippen LogP contribution is -2.31. The van der Waals surface area contributed by atoms with Gasteiger partial charge in [0.25, 0.3) is 0 Å². The molecule has 0 saturated carbocycles. The molecule has 0 unspecified atom stereocenters. The van der Waals surface area contributed by atoms with Crippen molar-refractivity contribution in [2.45, 2.75) is 32.1 Å². The fourth-order valence-corrected chi connectivity index (χ4v) is 5.06. The van der Waals surface area contributed by atoms with Crippen molar-refractivity contribution in [3.63, 3.8) is 0 Å². The van der Waals surface area contributed by atoms with Gasteiger partial charge in [-0.25, -0.2) is 9.97 Å². The molecular weight excluding hydrogens is 450 g/mol. The zero-order chi connectivity index (χ0) is 24.3. The van der Waals surface area contributed by atoms with E-state index in [1.807, 2.05) is 12.1 Å². The number of tetrazole rings is 1. The van der Waals surface area contributed by atoms with E-state index in [1.54, 1.807) is 7.05 Å². The number of fused-ring (bicyclic) bond motifs is 3. The van der Waals surface area contributed by atoms with Crippen LogP contribution in [0.4, 0.5) is 5.82 Å². The maximum atomic E-state index is 4.99. The minimum Gasteiger partial charge on any atom is -0.369 e. The Hall–Kier alpha value is -3.85. The number of hydrogen-bond acceptors (Lipinski definition) is 7. The van der Waals surface area contributed by atoms with Crippen molar-refractivity contribution in [1.82, 2.24) is 40.1 Å². The monoisotopic (exact) mass is 481 g/mol. The van der Waals surface area contributed by atoms with E-state index in [1.165, 1.54) is 42.7 Å². The highest BCUT2D eigenvalue weighted by Crippen LogP contribution is 2.32. The molecule has 184 valence electrons. The highest BCUT2D eigenvalue weighted by atomic mass is 15.6. The zero-order valence-corrected chi connectivity index (χ0v) is 20.6. The summed E-state index contributed by atoms with van der Waals surface area (Å²) >= 11 is 0. The van der Waals surface area contributed by atoms with Crippen molar-refractivity contribution < 1.29 is 0 Å². The van der Waals surface area contributed by atoms with Crippen LogP contribution < -0.4 is 5.32 Å². The molecule has 0 spiro atoms. The maximum Gasteiger partial charge on any atom is 0.204 e. The summed E-state index contributed by atoms with van der Waals surface area (Å²) in [5, 5.41) is 18.2. The first-order valence-electron chi connectivity index (χ1n) is 12.8. The Kier molecular flexibility index (Phi) is 6.29. The largest absolute Gasteiger partial charge is 0.369 e. The molecule has 6 rings (SSSR count). The molecule has 2 aromatic carbocycles. The number of rotatable bonds is 8. The Bertz CT molecular complexity index is 1470. The third-order valence-electron chi connectivity index (χ3n) is 6.86. The smallest absolute Gasteiger partial charge is 0.204 e. The SMILES string of the molecule is Cn1nnc(-c2ccc3c(c2)[nH]c2nc(Cc4ccccc4)nc(NCCCN4CCCCC4)c23)n1. The maximum absolute atomic E-state index is 4.99. The number of aromatic nitrogens is 7. The van der Waals surface area contributed by atoms with E-state index in [-0.39, 0.29) is 0 Å². The Balaban J connectivity index is 1.32. The summed E-state index contributed by atoms with van der Waals surface area (Å²) in [6.45, 7) is 4.46. The van der Waals surface area contributed by atoms with Crippen LogP contribution in [0.5, 0.6) is 0 Å². The van der Waals surface area contributed by atoms with Crippen LogP contribution >= 0.6 is 0 Å². The standard InChI is InChI=1S/C27H31N9/c1-35-33-25(32-34-35)20-11-12-21-22(18-20)29-27-24(21)26(28-13-8-16-36-14-6-3-7-15-36)30-23(31-27)17-19-9-4-2-5-10-19/h2,4-5,9-12,18H,3,6-8,13-17H2,1H3,(H2,28,29,30,31). The van der Waals surface area contributed by atoms with E-state index in [0.717, 1.165) is 58.7 Å². The summed E-state index contributed by atoms with van der Waals surface area (Å²) in [7, 11) is 1.77. The number of nitrogens with zero attached hydrogens (tertiary/aromatic N) is 7. The van der Waals surface area contributed by atoms with E-state index in [4.69, 9.17) is 9.97 Å². The van der Waals surface area contributed by atoms with Crippen molar-refractivity contribution in [2.24, 2.45) is 7.05 Å². The van der Waals surface area contributed by atoms with Crippen LogP contribution in [0.1, 0.15) is 37.1 Å². The predicted octanol–water partition coefficient (Wildman–Crippen LogP) is 4.18. The minimum atomic E-state index is 0.602. The first-order valence-corrected chi connectivity index (χ1v) is 12.8. The van der Waals surface area contributed by atoms with E-state index in [2.05, 4.69) is 67.0 Å². The van der Waals surface area contributed by atoms with Gasteiger partial charge in [-0.1, -0.05) is 48.9 Å². The van der Waals surface area contributed by atoms with Gasteiger partial charge in [-0.3, -0.25) is 0 Å². The van der Waals surface area contributed by atoms with Crippen LogP contribution in [0.3, 0.4) is 0 Å². The van der Waals surface area contributed by atoms with Crippen molar-refractivity contribution in [1.29, 1.82) is 0 Å². The van der Waals surface area contributed by atoms with Crippen LogP contribution in [0.25, 0.3) is 33.3 Å². The lowest BCUT2D eigenvalue weighted by molar-refractivity contribution is 0.228. The summed E-state index contributed by atoms with van der Waals surface area (Å²) in [5.74, 6) is 2.29. The van der Waals surface area contributed by atoms with Crippen molar-refractivity contribution in [3.8, 4) is 11.4 Å². The van der Waals surface area contributed by atoms with Crippen molar-refractivity contribution >= 4 is 27.8 Å². The predicted molar refractivity (Wildman–Crippen MR) is 142 cm³/mol. The molecule has 0 bridgehead atoms. The number of H-pyrrole nitrogens is 1. The van der Waals surface area contributed by atoms with Crippen LogP contribution in [-0.4, -0.2) is 66.2 Å². The summed E-state index contributed by atoms with van der Waals surface area (Å²) in [6.07, 6.45) is 5.79. The zero-order valence-electron chi connectivity index (χ0n) is 20.6. The van der Waals surface area contributed by atoms with Gasteiger partial charge in [-0.2, -0.15) is 4.80 Å². The molecular formula is C27H31N9. The number of anilines is 1. The lowest BCUT2D eigenvalue weighted by Gasteiger charge is -2.26. The molecule has 1 aliphatic heterocycles. The van der Waals surface area contributed by atoms with Crippen LogP contribution in [0.2, 0.25) is 0 Å². The second-order valence-electron chi connectivity index (χ2n) is 9.54. The molecule has 4 heterocycles. The van der Waals surface area contributed by atoms with Gasteiger partial charge in [-0.15, -0.1) is 10.2 Å². The normalized spacial score (nSPS) is 14.6. The molecule has 3 aromatic heterocycles. The minimum absolute atomic E-state index is 0.602. The molecule has 9 nitrogen and oxygen atoms in total.